The van der Waals surface area contributed by atoms with Crippen LogP contribution in [0.15, 0.2) is 53.5 Å². The van der Waals surface area contributed by atoms with E-state index < -0.39 is 5.97 Å². The Kier molecular flexibility index (Phi) is 7.32. The second kappa shape index (κ2) is 9.95. The minimum absolute atomic E-state index is 0.658. The van der Waals surface area contributed by atoms with E-state index in [1.807, 2.05) is 36.4 Å². The van der Waals surface area contributed by atoms with Crippen molar-refractivity contribution >= 4 is 23.9 Å². The van der Waals surface area contributed by atoms with Crippen LogP contribution in [0.3, 0.4) is 0 Å². The maximum atomic E-state index is 10.7. The Morgan fingerprint density at radius 2 is 1.92 bits per heavy atom. The predicted molar refractivity (Wildman–Crippen MR) is 105 cm³/mol. The first-order chi connectivity index (χ1) is 12.7. The van der Waals surface area contributed by atoms with E-state index in [4.69, 9.17) is 5.11 Å². The Balaban J connectivity index is 2.30. The number of para-hydroxylation sites is 1. The first-order valence-corrected chi connectivity index (χ1v) is 8.71. The van der Waals surface area contributed by atoms with Crippen LogP contribution in [0.4, 0.5) is 5.69 Å². The maximum Gasteiger partial charge on any atom is 0.328 e. The monoisotopic (exact) mass is 346 g/mol. The Bertz CT molecular complexity index is 861. The third-order valence-corrected chi connectivity index (χ3v) is 4.03. The van der Waals surface area contributed by atoms with Crippen LogP contribution >= 0.6 is 0 Å². The van der Waals surface area contributed by atoms with Gasteiger partial charge < -0.3 is 5.11 Å². The standard InChI is InChI=1S/C22H22N2O2/c1-2-3-4-8-17-10-7-11-19(20(17)15-23)16-24-21-12-6-5-9-18(21)13-14-22(25)26/h5-7,9-14,16H,2-4,8H2,1H3,(H,25,26)/b14-13+,24-16+. The Hall–Kier alpha value is -3.19. The highest BCUT2D eigenvalue weighted by Gasteiger charge is 2.06. The van der Waals surface area contributed by atoms with Crippen LogP contribution in [0, 0.1) is 11.3 Å². The quantitative estimate of drug-likeness (QED) is 0.408. The molecular formula is C22H22N2O2. The van der Waals surface area contributed by atoms with Crippen molar-refractivity contribution in [2.24, 2.45) is 4.99 Å². The summed E-state index contributed by atoms with van der Waals surface area (Å²) in [6.07, 6.45) is 8.52. The van der Waals surface area contributed by atoms with Gasteiger partial charge in [-0.3, -0.25) is 4.99 Å². The fourth-order valence-corrected chi connectivity index (χ4v) is 2.68. The van der Waals surface area contributed by atoms with Gasteiger partial charge in [0.1, 0.15) is 6.07 Å². The van der Waals surface area contributed by atoms with Gasteiger partial charge in [0.2, 0.25) is 0 Å². The number of aliphatic imine (C=N–C) groups is 1. The highest BCUT2D eigenvalue weighted by molar-refractivity contribution is 5.89. The van der Waals surface area contributed by atoms with Gasteiger partial charge in [-0.2, -0.15) is 5.26 Å². The zero-order chi connectivity index (χ0) is 18.8. The van der Waals surface area contributed by atoms with Crippen molar-refractivity contribution in [3.8, 4) is 6.07 Å². The second-order valence-corrected chi connectivity index (χ2v) is 5.94. The summed E-state index contributed by atoms with van der Waals surface area (Å²) in [4.78, 5) is 15.2. The Labute approximate surface area is 154 Å². The number of aliphatic carboxylic acids is 1. The lowest BCUT2D eigenvalue weighted by Gasteiger charge is -2.06. The van der Waals surface area contributed by atoms with Crippen molar-refractivity contribution in [2.45, 2.75) is 32.6 Å². The lowest BCUT2D eigenvalue weighted by atomic mass is 9.98. The number of hydrogen-bond donors (Lipinski definition) is 1. The zero-order valence-corrected chi connectivity index (χ0v) is 14.9. The number of hydrogen-bond acceptors (Lipinski definition) is 3. The number of unbranched alkanes of at least 4 members (excludes halogenated alkanes) is 2. The van der Waals surface area contributed by atoms with Crippen molar-refractivity contribution < 1.29 is 9.90 Å². The average molecular weight is 346 g/mol. The fourth-order valence-electron chi connectivity index (χ4n) is 2.68. The van der Waals surface area contributed by atoms with Crippen LogP contribution in [0.2, 0.25) is 0 Å². The molecule has 2 aromatic carbocycles. The molecule has 0 aliphatic carbocycles. The van der Waals surface area contributed by atoms with Gasteiger partial charge in [0.05, 0.1) is 11.3 Å². The second-order valence-electron chi connectivity index (χ2n) is 5.94. The van der Waals surface area contributed by atoms with Crippen molar-refractivity contribution in [2.75, 3.05) is 0 Å². The molecule has 2 rings (SSSR count). The van der Waals surface area contributed by atoms with Crippen LogP contribution in [0.25, 0.3) is 6.08 Å². The molecule has 4 heteroatoms. The molecule has 2 aromatic rings. The number of carbonyl (C=O) groups is 1. The molecule has 0 radical (unpaired) electrons. The molecule has 0 aromatic heterocycles. The van der Waals surface area contributed by atoms with E-state index in [0.29, 0.717) is 16.8 Å². The van der Waals surface area contributed by atoms with Gasteiger partial charge in [0.15, 0.2) is 0 Å². The number of nitrogens with zero attached hydrogens (tertiary/aromatic N) is 2. The van der Waals surface area contributed by atoms with Crippen LogP contribution in [-0.4, -0.2) is 17.3 Å². The fraction of sp³-hybridized carbons (Fsp3) is 0.227. The summed E-state index contributed by atoms with van der Waals surface area (Å²) in [7, 11) is 0. The average Bonchev–Trinajstić information content (AvgIpc) is 2.65. The number of carboxylic acids is 1. The predicted octanol–water partition coefficient (Wildman–Crippen LogP) is 5.14. The van der Waals surface area contributed by atoms with Gasteiger partial charge >= 0.3 is 5.97 Å². The van der Waals surface area contributed by atoms with Gasteiger partial charge in [0, 0.05) is 23.4 Å². The van der Waals surface area contributed by atoms with Gasteiger partial charge in [-0.05, 0) is 30.5 Å². The molecular weight excluding hydrogens is 324 g/mol. The first kappa shape index (κ1) is 19.1. The van der Waals surface area contributed by atoms with Crippen LogP contribution in [0.5, 0.6) is 0 Å². The molecule has 0 heterocycles. The summed E-state index contributed by atoms with van der Waals surface area (Å²) in [5.41, 5.74) is 3.85. The maximum absolute atomic E-state index is 10.7. The van der Waals surface area contributed by atoms with Gasteiger partial charge in [0.25, 0.3) is 0 Å². The van der Waals surface area contributed by atoms with E-state index in [1.165, 1.54) is 6.08 Å². The zero-order valence-electron chi connectivity index (χ0n) is 14.9. The first-order valence-electron chi connectivity index (χ1n) is 8.71. The van der Waals surface area contributed by atoms with E-state index in [2.05, 4.69) is 18.0 Å². The Morgan fingerprint density at radius 1 is 1.15 bits per heavy atom. The van der Waals surface area contributed by atoms with Crippen molar-refractivity contribution in [1.29, 1.82) is 5.26 Å². The minimum atomic E-state index is -1.00. The van der Waals surface area contributed by atoms with E-state index in [0.717, 1.165) is 42.9 Å². The molecule has 1 N–H and O–H groups in total. The number of aryl methyl sites for hydroxylation is 1. The largest absolute Gasteiger partial charge is 0.478 e. The highest BCUT2D eigenvalue weighted by atomic mass is 16.4. The van der Waals surface area contributed by atoms with E-state index in [-0.39, 0.29) is 0 Å². The van der Waals surface area contributed by atoms with Crippen molar-refractivity contribution in [3.63, 3.8) is 0 Å². The molecule has 0 amide bonds. The topological polar surface area (TPSA) is 73.4 Å². The summed E-state index contributed by atoms with van der Waals surface area (Å²) in [6, 6.07) is 15.4. The minimum Gasteiger partial charge on any atom is -0.478 e. The Morgan fingerprint density at radius 3 is 2.65 bits per heavy atom. The molecule has 26 heavy (non-hydrogen) atoms. The summed E-state index contributed by atoms with van der Waals surface area (Å²) >= 11 is 0. The lowest BCUT2D eigenvalue weighted by Crippen LogP contribution is -1.96. The summed E-state index contributed by atoms with van der Waals surface area (Å²) in [5, 5.41) is 18.4. The number of nitriles is 1. The third kappa shape index (κ3) is 5.42. The molecule has 0 fully saturated rings. The highest BCUT2D eigenvalue weighted by Crippen LogP contribution is 2.21. The van der Waals surface area contributed by atoms with Crippen LogP contribution < -0.4 is 0 Å². The molecule has 132 valence electrons. The van der Waals surface area contributed by atoms with Crippen LogP contribution in [0.1, 0.15) is 48.4 Å². The number of rotatable bonds is 8. The molecule has 0 aliphatic rings. The van der Waals surface area contributed by atoms with Gasteiger partial charge in [-0.1, -0.05) is 56.2 Å². The van der Waals surface area contributed by atoms with E-state index in [9.17, 15) is 10.1 Å². The smallest absolute Gasteiger partial charge is 0.328 e. The molecule has 4 nitrogen and oxygen atoms in total. The van der Waals surface area contributed by atoms with Crippen molar-refractivity contribution in [1.82, 2.24) is 0 Å². The molecule has 0 atom stereocenters. The molecule has 0 bridgehead atoms. The summed E-state index contributed by atoms with van der Waals surface area (Å²) in [5.74, 6) is -1.00. The van der Waals surface area contributed by atoms with E-state index >= 15 is 0 Å². The van der Waals surface area contributed by atoms with E-state index in [1.54, 1.807) is 12.3 Å². The molecule has 0 saturated carbocycles. The summed E-state index contributed by atoms with van der Waals surface area (Å²) < 4.78 is 0. The third-order valence-electron chi connectivity index (χ3n) is 4.03. The molecule has 0 aliphatic heterocycles. The molecule has 0 unspecified atom stereocenters. The summed E-state index contributed by atoms with van der Waals surface area (Å²) in [6.45, 7) is 2.16. The lowest BCUT2D eigenvalue weighted by molar-refractivity contribution is -0.131. The normalized spacial score (nSPS) is 11.1. The number of carboxylic acid groups (broad SMARTS) is 1. The van der Waals surface area contributed by atoms with Gasteiger partial charge in [-0.25, -0.2) is 4.79 Å². The SMILES string of the molecule is CCCCCc1cccc(/C=N/c2ccccc2/C=C/C(=O)O)c1C#N. The molecule has 0 saturated heterocycles. The number of benzene rings is 2. The van der Waals surface area contributed by atoms with Crippen molar-refractivity contribution in [3.05, 3.63) is 70.8 Å². The van der Waals surface area contributed by atoms with Crippen LogP contribution in [-0.2, 0) is 11.2 Å². The molecule has 0 spiro atoms. The van der Waals surface area contributed by atoms with Gasteiger partial charge in [-0.15, -0.1) is 0 Å².